The summed E-state index contributed by atoms with van der Waals surface area (Å²) in [7, 11) is 4.68. The van der Waals surface area contributed by atoms with Crippen molar-refractivity contribution < 1.29 is 19.4 Å². The van der Waals surface area contributed by atoms with Crippen LogP contribution in [0.4, 0.5) is 0 Å². The second-order valence-corrected chi connectivity index (χ2v) is 4.94. The lowest BCUT2D eigenvalue weighted by Crippen LogP contribution is -1.97. The van der Waals surface area contributed by atoms with E-state index in [0.717, 1.165) is 11.1 Å². The Labute approximate surface area is 138 Å². The molecule has 0 bridgehead atoms. The molecule has 2 aromatic heterocycles. The van der Waals surface area contributed by atoms with Gasteiger partial charge in [0.25, 0.3) is 0 Å². The largest absolute Gasteiger partial charge is 0.493 e. The highest BCUT2D eigenvalue weighted by atomic mass is 16.5. The highest BCUT2D eigenvalue weighted by molar-refractivity contribution is 5.89. The van der Waals surface area contributed by atoms with Crippen LogP contribution in [0, 0.1) is 0 Å². The standard InChI is InChI=1S/C17H17N3O4/c1-22-14-8-11(9-15(23-2)16(14)24-3)17-19-12(10-18-21)13-6-4-5-7-20(13)17/h4-10,21H,1-3H3. The summed E-state index contributed by atoms with van der Waals surface area (Å²) < 4.78 is 18.0. The lowest BCUT2D eigenvalue weighted by atomic mass is 10.1. The Bertz CT molecular complexity index is 877. The predicted octanol–water partition coefficient (Wildman–Crippen LogP) is 2.84. The Morgan fingerprint density at radius 1 is 1.08 bits per heavy atom. The summed E-state index contributed by atoms with van der Waals surface area (Å²) in [6.07, 6.45) is 3.19. The van der Waals surface area contributed by atoms with Gasteiger partial charge in [0.15, 0.2) is 11.5 Å². The molecule has 24 heavy (non-hydrogen) atoms. The number of hydrogen-bond acceptors (Lipinski definition) is 6. The second kappa shape index (κ2) is 6.49. The highest BCUT2D eigenvalue weighted by Gasteiger charge is 2.18. The first kappa shape index (κ1) is 15.7. The molecular formula is C17H17N3O4. The first-order chi connectivity index (χ1) is 11.7. The maximum absolute atomic E-state index is 8.86. The van der Waals surface area contributed by atoms with E-state index in [0.29, 0.717) is 28.8 Å². The fourth-order valence-corrected chi connectivity index (χ4v) is 2.63. The van der Waals surface area contributed by atoms with E-state index >= 15 is 0 Å². The number of nitrogens with zero attached hydrogens (tertiary/aromatic N) is 3. The maximum atomic E-state index is 8.86. The van der Waals surface area contributed by atoms with Crippen molar-refractivity contribution in [2.75, 3.05) is 21.3 Å². The van der Waals surface area contributed by atoms with Gasteiger partial charge in [0.1, 0.15) is 11.5 Å². The van der Waals surface area contributed by atoms with Gasteiger partial charge in [-0.1, -0.05) is 11.2 Å². The van der Waals surface area contributed by atoms with E-state index in [1.165, 1.54) is 6.21 Å². The zero-order valence-corrected chi connectivity index (χ0v) is 13.6. The molecular weight excluding hydrogens is 310 g/mol. The van der Waals surface area contributed by atoms with Gasteiger partial charge in [-0.25, -0.2) is 4.98 Å². The first-order valence-electron chi connectivity index (χ1n) is 7.18. The smallest absolute Gasteiger partial charge is 0.203 e. The Kier molecular flexibility index (Phi) is 4.24. The third kappa shape index (κ3) is 2.50. The number of benzene rings is 1. The molecule has 0 atom stereocenters. The average molecular weight is 327 g/mol. The summed E-state index contributed by atoms with van der Waals surface area (Å²) in [4.78, 5) is 4.56. The Morgan fingerprint density at radius 2 is 1.79 bits per heavy atom. The van der Waals surface area contributed by atoms with Gasteiger partial charge in [0.2, 0.25) is 5.75 Å². The summed E-state index contributed by atoms with van der Waals surface area (Å²) in [6, 6.07) is 9.33. The minimum absolute atomic E-state index is 0.516. The molecule has 2 heterocycles. The number of pyridine rings is 1. The molecule has 0 aliphatic rings. The molecule has 0 saturated carbocycles. The van der Waals surface area contributed by atoms with Gasteiger partial charge >= 0.3 is 0 Å². The summed E-state index contributed by atoms with van der Waals surface area (Å²) in [5.74, 6) is 2.26. The molecule has 3 rings (SSSR count). The first-order valence-corrected chi connectivity index (χ1v) is 7.18. The van der Waals surface area contributed by atoms with Crippen molar-refractivity contribution in [2.24, 2.45) is 5.16 Å². The van der Waals surface area contributed by atoms with Crippen LogP contribution in [0.3, 0.4) is 0 Å². The van der Waals surface area contributed by atoms with E-state index in [2.05, 4.69) is 10.1 Å². The molecule has 0 radical (unpaired) electrons. The molecule has 0 spiro atoms. The van der Waals surface area contributed by atoms with Crippen molar-refractivity contribution in [3.05, 3.63) is 42.2 Å². The van der Waals surface area contributed by atoms with Gasteiger partial charge < -0.3 is 19.4 Å². The number of ether oxygens (including phenoxy) is 3. The lowest BCUT2D eigenvalue weighted by Gasteiger charge is -2.13. The van der Waals surface area contributed by atoms with E-state index in [1.54, 1.807) is 21.3 Å². The fraction of sp³-hybridized carbons (Fsp3) is 0.176. The van der Waals surface area contributed by atoms with Crippen molar-refractivity contribution in [3.63, 3.8) is 0 Å². The van der Waals surface area contributed by atoms with E-state index < -0.39 is 0 Å². The number of aromatic nitrogens is 2. The molecule has 0 amide bonds. The van der Waals surface area contributed by atoms with Crippen molar-refractivity contribution in [2.45, 2.75) is 0 Å². The monoisotopic (exact) mass is 327 g/mol. The molecule has 124 valence electrons. The van der Waals surface area contributed by atoms with Gasteiger partial charge in [-0.05, 0) is 24.3 Å². The average Bonchev–Trinajstić information content (AvgIpc) is 2.99. The molecule has 0 saturated heterocycles. The summed E-state index contributed by atoms with van der Waals surface area (Å²) in [5, 5.41) is 11.9. The van der Waals surface area contributed by atoms with Gasteiger partial charge in [-0.2, -0.15) is 0 Å². The summed E-state index contributed by atoms with van der Waals surface area (Å²) in [6.45, 7) is 0. The van der Waals surface area contributed by atoms with Crippen LogP contribution >= 0.6 is 0 Å². The summed E-state index contributed by atoms with van der Waals surface area (Å²) in [5.41, 5.74) is 2.16. The minimum atomic E-state index is 0.516. The van der Waals surface area contributed by atoms with Crippen LogP contribution in [0.15, 0.2) is 41.7 Å². The molecule has 3 aromatic rings. The normalized spacial score (nSPS) is 11.1. The number of hydrogen-bond donors (Lipinski definition) is 1. The quantitative estimate of drug-likeness (QED) is 0.443. The van der Waals surface area contributed by atoms with Gasteiger partial charge in [0, 0.05) is 11.8 Å². The van der Waals surface area contributed by atoms with Crippen LogP contribution in [0.2, 0.25) is 0 Å². The second-order valence-electron chi connectivity index (χ2n) is 4.94. The van der Waals surface area contributed by atoms with Crippen LogP contribution in [-0.4, -0.2) is 42.1 Å². The van der Waals surface area contributed by atoms with Crippen molar-refractivity contribution in [3.8, 4) is 28.6 Å². The molecule has 0 fully saturated rings. The number of fused-ring (bicyclic) bond motifs is 1. The zero-order chi connectivity index (χ0) is 17.1. The predicted molar refractivity (Wildman–Crippen MR) is 89.7 cm³/mol. The van der Waals surface area contributed by atoms with Crippen LogP contribution in [0.25, 0.3) is 16.9 Å². The zero-order valence-electron chi connectivity index (χ0n) is 13.6. The summed E-state index contributed by atoms with van der Waals surface area (Å²) >= 11 is 0. The topological polar surface area (TPSA) is 77.6 Å². The SMILES string of the molecule is COc1cc(-c2nc(C=NO)c3ccccn23)cc(OC)c1OC. The molecule has 1 aromatic carbocycles. The number of imidazole rings is 1. The minimum Gasteiger partial charge on any atom is -0.493 e. The number of oxime groups is 1. The molecule has 7 heteroatoms. The Morgan fingerprint density at radius 3 is 2.38 bits per heavy atom. The van der Waals surface area contributed by atoms with E-state index in [9.17, 15) is 0 Å². The molecule has 1 N–H and O–H groups in total. The van der Waals surface area contributed by atoms with Crippen LogP contribution < -0.4 is 14.2 Å². The number of methoxy groups -OCH3 is 3. The van der Waals surface area contributed by atoms with Gasteiger partial charge in [0.05, 0.1) is 33.1 Å². The van der Waals surface area contributed by atoms with E-state index in [4.69, 9.17) is 19.4 Å². The molecule has 0 aliphatic carbocycles. The fourth-order valence-electron chi connectivity index (χ4n) is 2.63. The van der Waals surface area contributed by atoms with E-state index in [1.807, 2.05) is 40.9 Å². The third-order valence-corrected chi connectivity index (χ3v) is 3.68. The Balaban J connectivity index is 2.28. The Hall–Kier alpha value is -3.22. The molecule has 0 aliphatic heterocycles. The van der Waals surface area contributed by atoms with Crippen LogP contribution in [-0.2, 0) is 0 Å². The third-order valence-electron chi connectivity index (χ3n) is 3.68. The molecule has 7 nitrogen and oxygen atoms in total. The van der Waals surface area contributed by atoms with Crippen molar-refractivity contribution in [1.82, 2.24) is 9.38 Å². The van der Waals surface area contributed by atoms with Crippen molar-refractivity contribution in [1.29, 1.82) is 0 Å². The maximum Gasteiger partial charge on any atom is 0.203 e. The van der Waals surface area contributed by atoms with Crippen LogP contribution in [0.1, 0.15) is 5.69 Å². The molecule has 0 unspecified atom stereocenters. The van der Waals surface area contributed by atoms with Gasteiger partial charge in [-0.15, -0.1) is 0 Å². The highest BCUT2D eigenvalue weighted by Crippen LogP contribution is 2.41. The van der Waals surface area contributed by atoms with Crippen LogP contribution in [0.5, 0.6) is 17.2 Å². The van der Waals surface area contributed by atoms with Gasteiger partial charge in [-0.3, -0.25) is 4.40 Å². The number of rotatable bonds is 5. The lowest BCUT2D eigenvalue weighted by molar-refractivity contribution is 0.321. The van der Waals surface area contributed by atoms with E-state index in [-0.39, 0.29) is 0 Å². The van der Waals surface area contributed by atoms with Crippen molar-refractivity contribution >= 4 is 11.7 Å².